The minimum absolute atomic E-state index is 0.115. The summed E-state index contributed by atoms with van der Waals surface area (Å²) in [5.41, 5.74) is 1.23. The predicted molar refractivity (Wildman–Crippen MR) is 117 cm³/mol. The second-order valence-electron chi connectivity index (χ2n) is 8.72. The molecule has 0 bridgehead atoms. The molecule has 2 aromatic heterocycles. The van der Waals surface area contributed by atoms with Crippen LogP contribution in [0.15, 0.2) is 41.1 Å². The van der Waals surface area contributed by atoms with Gasteiger partial charge in [-0.1, -0.05) is 6.07 Å². The Kier molecular flexibility index (Phi) is 10.7. The Hall–Kier alpha value is -3.17. The van der Waals surface area contributed by atoms with E-state index in [2.05, 4.69) is 16.0 Å². The highest BCUT2D eigenvalue weighted by molar-refractivity contribution is 5.73. The number of aliphatic carboxylic acids is 2. The zero-order chi connectivity index (χ0) is 28.6. The van der Waals surface area contributed by atoms with Crippen molar-refractivity contribution < 1.29 is 60.0 Å². The van der Waals surface area contributed by atoms with E-state index in [0.717, 1.165) is 56.5 Å². The lowest BCUT2D eigenvalue weighted by molar-refractivity contribution is -0.193. The Labute approximate surface area is 213 Å². The number of hydrogen-bond donors (Lipinski definition) is 2. The molecule has 0 unspecified atom stereocenters. The molecule has 2 aromatic rings. The lowest BCUT2D eigenvalue weighted by Gasteiger charge is -2.27. The summed E-state index contributed by atoms with van der Waals surface area (Å²) in [7, 11) is 0. The third-order valence-electron chi connectivity index (χ3n) is 5.63. The number of nitrogens with zero attached hydrogens (tertiary/aromatic N) is 2. The lowest BCUT2D eigenvalue weighted by Crippen LogP contribution is -2.35. The zero-order valence-corrected chi connectivity index (χ0v) is 20.1. The number of likely N-dealkylation sites (tertiary alicyclic amines) is 1. The fourth-order valence-corrected chi connectivity index (χ4v) is 3.91. The summed E-state index contributed by atoms with van der Waals surface area (Å²) in [6, 6.07) is 8.10. The molecule has 212 valence electrons. The van der Waals surface area contributed by atoms with Crippen LogP contribution in [0.4, 0.5) is 26.3 Å². The molecule has 9 nitrogen and oxygen atoms in total. The molecule has 2 saturated heterocycles. The first-order chi connectivity index (χ1) is 17.6. The van der Waals surface area contributed by atoms with Gasteiger partial charge in [-0.2, -0.15) is 26.3 Å². The van der Waals surface area contributed by atoms with Gasteiger partial charge in [0.15, 0.2) is 0 Å². The van der Waals surface area contributed by atoms with E-state index in [-0.39, 0.29) is 5.41 Å². The quantitative estimate of drug-likeness (QED) is 0.510. The summed E-state index contributed by atoms with van der Waals surface area (Å²) in [5, 5.41) is 14.2. The molecular formula is C23H26F6N2O7. The van der Waals surface area contributed by atoms with Crippen LogP contribution in [0, 0.1) is 18.3 Å². The van der Waals surface area contributed by atoms with Crippen molar-refractivity contribution in [3.05, 3.63) is 53.7 Å². The van der Waals surface area contributed by atoms with E-state index in [1.165, 1.54) is 0 Å². The molecule has 4 heterocycles. The number of fused-ring (bicyclic) bond motifs is 1. The van der Waals surface area contributed by atoms with Crippen LogP contribution in [0.2, 0.25) is 0 Å². The van der Waals surface area contributed by atoms with Crippen molar-refractivity contribution in [3.63, 3.8) is 0 Å². The maximum atomic E-state index is 10.6. The number of carboxylic acid groups (broad SMARTS) is 2. The first-order valence-electron chi connectivity index (χ1n) is 11.0. The maximum absolute atomic E-state index is 10.6. The Bertz CT molecular complexity index is 1020. The van der Waals surface area contributed by atoms with E-state index in [0.29, 0.717) is 12.5 Å². The molecule has 2 fully saturated rings. The van der Waals surface area contributed by atoms with Gasteiger partial charge in [0, 0.05) is 36.8 Å². The molecule has 15 heteroatoms. The van der Waals surface area contributed by atoms with Gasteiger partial charge in [0.2, 0.25) is 0 Å². The highest BCUT2D eigenvalue weighted by Gasteiger charge is 2.50. The minimum Gasteiger partial charge on any atom is -0.475 e. The van der Waals surface area contributed by atoms with E-state index in [1.54, 1.807) is 6.20 Å². The Balaban J connectivity index is 0.000000301. The van der Waals surface area contributed by atoms with Gasteiger partial charge in [-0.05, 0) is 30.7 Å². The van der Waals surface area contributed by atoms with Gasteiger partial charge in [0.1, 0.15) is 11.5 Å². The van der Waals surface area contributed by atoms with Crippen molar-refractivity contribution in [2.24, 2.45) is 11.3 Å². The summed E-state index contributed by atoms with van der Waals surface area (Å²) in [6.07, 6.45) is -6.52. The molecule has 0 amide bonds. The van der Waals surface area contributed by atoms with Gasteiger partial charge in [0.05, 0.1) is 33.0 Å². The van der Waals surface area contributed by atoms with Crippen LogP contribution in [0.25, 0.3) is 0 Å². The molecule has 2 atom stereocenters. The number of carbonyl (C=O) groups is 2. The van der Waals surface area contributed by atoms with Gasteiger partial charge in [0.25, 0.3) is 0 Å². The summed E-state index contributed by atoms with van der Waals surface area (Å²) in [6.45, 7) is 7.89. The van der Waals surface area contributed by atoms with Crippen molar-refractivity contribution in [2.75, 3.05) is 32.9 Å². The van der Waals surface area contributed by atoms with Gasteiger partial charge in [-0.25, -0.2) is 9.59 Å². The average molecular weight is 556 g/mol. The molecule has 2 aliphatic rings. The van der Waals surface area contributed by atoms with Crippen molar-refractivity contribution in [1.82, 2.24) is 9.88 Å². The number of aryl methyl sites for hydroxylation is 1. The van der Waals surface area contributed by atoms with Crippen LogP contribution in [-0.2, 0) is 32.2 Å². The number of hydrogen-bond acceptors (Lipinski definition) is 7. The molecule has 0 saturated carbocycles. The van der Waals surface area contributed by atoms with Crippen LogP contribution in [0.3, 0.4) is 0 Å². The Morgan fingerprint density at radius 1 is 1.13 bits per heavy atom. The largest absolute Gasteiger partial charge is 0.490 e. The normalized spacial score (nSPS) is 21.1. The number of rotatable bonds is 6. The number of aromatic nitrogens is 1. The molecule has 0 radical (unpaired) electrons. The third kappa shape index (κ3) is 9.61. The third-order valence-corrected chi connectivity index (χ3v) is 5.63. The number of pyridine rings is 1. The van der Waals surface area contributed by atoms with E-state index in [4.69, 9.17) is 33.7 Å². The number of carboxylic acids is 2. The van der Waals surface area contributed by atoms with Gasteiger partial charge in [-0.15, -0.1) is 0 Å². The van der Waals surface area contributed by atoms with Crippen LogP contribution in [-0.4, -0.2) is 77.3 Å². The summed E-state index contributed by atoms with van der Waals surface area (Å²) in [5.74, 6) is -2.95. The number of furan rings is 1. The maximum Gasteiger partial charge on any atom is 0.490 e. The smallest absolute Gasteiger partial charge is 0.475 e. The van der Waals surface area contributed by atoms with Crippen molar-refractivity contribution in [1.29, 1.82) is 0 Å². The van der Waals surface area contributed by atoms with Crippen molar-refractivity contribution in [2.45, 2.75) is 32.4 Å². The second kappa shape index (κ2) is 13.1. The fourth-order valence-electron chi connectivity index (χ4n) is 3.91. The van der Waals surface area contributed by atoms with Crippen molar-refractivity contribution in [3.8, 4) is 0 Å². The zero-order valence-electron chi connectivity index (χ0n) is 20.1. The molecule has 0 aromatic carbocycles. The fraction of sp³-hybridized carbons (Fsp3) is 0.522. The first-order valence-corrected chi connectivity index (χ1v) is 11.0. The van der Waals surface area contributed by atoms with E-state index >= 15 is 0 Å². The van der Waals surface area contributed by atoms with Gasteiger partial charge in [-0.3, -0.25) is 9.88 Å². The molecule has 2 N–H and O–H groups in total. The van der Waals surface area contributed by atoms with E-state index < -0.39 is 24.3 Å². The van der Waals surface area contributed by atoms with Gasteiger partial charge < -0.3 is 24.1 Å². The number of ether oxygens (including phenoxy) is 2. The van der Waals surface area contributed by atoms with E-state index in [9.17, 15) is 26.3 Å². The van der Waals surface area contributed by atoms with Crippen LogP contribution < -0.4 is 0 Å². The van der Waals surface area contributed by atoms with Crippen LogP contribution >= 0.6 is 0 Å². The lowest BCUT2D eigenvalue weighted by atomic mass is 9.82. The summed E-state index contributed by atoms with van der Waals surface area (Å²) in [4.78, 5) is 24.4. The Morgan fingerprint density at radius 3 is 2.26 bits per heavy atom. The average Bonchev–Trinajstić information content (AvgIpc) is 3.48. The highest BCUT2D eigenvalue weighted by Crippen LogP contribution is 2.42. The predicted octanol–water partition coefficient (Wildman–Crippen LogP) is 3.91. The number of alkyl halides is 6. The molecule has 2 aliphatic heterocycles. The Morgan fingerprint density at radius 2 is 1.76 bits per heavy atom. The van der Waals surface area contributed by atoms with Gasteiger partial charge >= 0.3 is 24.3 Å². The van der Waals surface area contributed by atoms with Crippen molar-refractivity contribution >= 4 is 11.9 Å². The number of halogens is 6. The molecule has 0 aliphatic carbocycles. The topological polar surface area (TPSA) is 122 Å². The monoisotopic (exact) mass is 556 g/mol. The van der Waals surface area contributed by atoms with Crippen LogP contribution in [0.5, 0.6) is 0 Å². The second-order valence-corrected chi connectivity index (χ2v) is 8.72. The molecule has 38 heavy (non-hydrogen) atoms. The SMILES string of the molecule is Cc1ccc(CN2C[C@@H]3COC[C@]3(COCc3cccnc3)C2)o1.O=C(O)C(F)(F)F.O=C(O)C(F)(F)F. The van der Waals surface area contributed by atoms with Crippen LogP contribution in [0.1, 0.15) is 17.1 Å². The highest BCUT2D eigenvalue weighted by atomic mass is 19.4. The molecular weight excluding hydrogens is 530 g/mol. The van der Waals surface area contributed by atoms with E-state index in [1.807, 2.05) is 31.3 Å². The summed E-state index contributed by atoms with van der Waals surface area (Å²) >= 11 is 0. The molecule has 4 rings (SSSR count). The standard InChI is InChI=1S/C19H24N2O3.2C2HF3O2/c1-15-4-5-18(24-15)9-21-8-17-11-23-14-19(17,12-21)13-22-10-16-3-2-6-20-7-16;2*3-2(4,5)1(6)7/h2-7,17H,8-14H2,1H3;2*(H,6,7)/t17-,19-;;/m1../s1. The molecule has 0 spiro atoms. The summed E-state index contributed by atoms with van der Waals surface area (Å²) < 4.78 is 81.0. The first kappa shape index (κ1) is 31.1. The minimum atomic E-state index is -5.08.